The first-order valence-corrected chi connectivity index (χ1v) is 7.50. The summed E-state index contributed by atoms with van der Waals surface area (Å²) in [5.74, 6) is -0.464. The third-order valence-electron chi connectivity index (χ3n) is 3.27. The molecule has 2 aromatic rings. The van der Waals surface area contributed by atoms with Crippen molar-refractivity contribution in [3.63, 3.8) is 0 Å². The monoisotopic (exact) mass is 329 g/mol. The largest absolute Gasteiger partial charge is 0.497 e. The molecule has 6 heteroatoms. The van der Waals surface area contributed by atoms with Crippen molar-refractivity contribution in [2.75, 3.05) is 19.0 Å². The van der Waals surface area contributed by atoms with Gasteiger partial charge in [-0.2, -0.15) is 0 Å². The van der Waals surface area contributed by atoms with E-state index in [1.54, 1.807) is 30.3 Å². The van der Waals surface area contributed by atoms with Crippen LogP contribution in [0.3, 0.4) is 0 Å². The summed E-state index contributed by atoms with van der Waals surface area (Å²) in [5, 5.41) is 11.8. The van der Waals surface area contributed by atoms with Gasteiger partial charge in [-0.05, 0) is 42.8 Å². The topological polar surface area (TPSA) is 84.9 Å². The lowest BCUT2D eigenvalue weighted by Crippen LogP contribution is -2.14. The predicted molar refractivity (Wildman–Crippen MR) is 90.1 cm³/mol. The van der Waals surface area contributed by atoms with Gasteiger partial charge >= 0.3 is 5.97 Å². The van der Waals surface area contributed by atoms with Gasteiger partial charge in [0.25, 0.3) is 5.91 Å². The number of methoxy groups -OCH3 is 1. The summed E-state index contributed by atoms with van der Waals surface area (Å²) in [4.78, 5) is 23.6. The number of nitrogens with one attached hydrogen (secondary N) is 1. The van der Waals surface area contributed by atoms with E-state index < -0.39 is 5.97 Å². The van der Waals surface area contributed by atoms with Crippen LogP contribution in [-0.2, 0) is 0 Å². The number of carboxylic acids is 1. The molecule has 0 spiro atoms. The summed E-state index contributed by atoms with van der Waals surface area (Å²) in [6.45, 7) is 2.43. The van der Waals surface area contributed by atoms with Crippen LogP contribution in [0.25, 0.3) is 0 Å². The second-order valence-electron chi connectivity index (χ2n) is 5.05. The van der Waals surface area contributed by atoms with Gasteiger partial charge in [-0.3, -0.25) is 4.79 Å². The number of amides is 1. The summed E-state index contributed by atoms with van der Waals surface area (Å²) in [5.41, 5.74) is 0.785. The van der Waals surface area contributed by atoms with Crippen molar-refractivity contribution in [3.8, 4) is 11.5 Å². The average molecular weight is 329 g/mol. The van der Waals surface area contributed by atoms with Gasteiger partial charge in [-0.1, -0.05) is 13.0 Å². The second-order valence-corrected chi connectivity index (χ2v) is 5.05. The fraction of sp³-hybridized carbons (Fsp3) is 0.222. The lowest BCUT2D eigenvalue weighted by Gasteiger charge is -2.13. The van der Waals surface area contributed by atoms with Gasteiger partial charge in [0.15, 0.2) is 0 Å². The maximum atomic E-state index is 12.4. The Morgan fingerprint density at radius 3 is 2.58 bits per heavy atom. The zero-order valence-electron chi connectivity index (χ0n) is 13.5. The van der Waals surface area contributed by atoms with E-state index in [9.17, 15) is 9.59 Å². The summed E-state index contributed by atoms with van der Waals surface area (Å²) < 4.78 is 10.7. The van der Waals surface area contributed by atoms with Gasteiger partial charge in [0.2, 0.25) is 0 Å². The van der Waals surface area contributed by atoms with Gasteiger partial charge in [-0.15, -0.1) is 0 Å². The first kappa shape index (κ1) is 17.3. The van der Waals surface area contributed by atoms with Crippen LogP contribution >= 0.6 is 0 Å². The minimum atomic E-state index is -1.08. The van der Waals surface area contributed by atoms with Crippen molar-refractivity contribution in [1.82, 2.24) is 0 Å². The molecule has 126 valence electrons. The van der Waals surface area contributed by atoms with Crippen molar-refractivity contribution >= 4 is 17.6 Å². The van der Waals surface area contributed by atoms with E-state index in [1.165, 1.54) is 19.2 Å². The van der Waals surface area contributed by atoms with E-state index in [4.69, 9.17) is 14.6 Å². The fourth-order valence-electron chi connectivity index (χ4n) is 2.06. The van der Waals surface area contributed by atoms with Gasteiger partial charge in [0.05, 0.1) is 25.0 Å². The molecule has 2 N–H and O–H groups in total. The number of hydrogen-bond donors (Lipinski definition) is 2. The molecule has 2 rings (SSSR count). The van der Waals surface area contributed by atoms with Crippen LogP contribution in [0.2, 0.25) is 0 Å². The van der Waals surface area contributed by atoms with Crippen LogP contribution in [0.1, 0.15) is 34.1 Å². The Balaban J connectivity index is 2.29. The zero-order chi connectivity index (χ0) is 17.5. The minimum absolute atomic E-state index is 0.0693. The molecule has 2 aromatic carbocycles. The molecular formula is C18H19NO5. The first-order valence-electron chi connectivity index (χ1n) is 7.50. The molecule has 0 saturated carbocycles. The number of anilines is 1. The Bertz CT molecular complexity index is 742. The van der Waals surface area contributed by atoms with E-state index in [1.807, 2.05) is 6.92 Å². The molecule has 0 aliphatic carbocycles. The van der Waals surface area contributed by atoms with E-state index in [-0.39, 0.29) is 11.5 Å². The van der Waals surface area contributed by atoms with Crippen LogP contribution in [0.5, 0.6) is 11.5 Å². The van der Waals surface area contributed by atoms with Crippen molar-refractivity contribution in [2.45, 2.75) is 13.3 Å². The summed E-state index contributed by atoms with van der Waals surface area (Å²) >= 11 is 0. The van der Waals surface area contributed by atoms with Crippen molar-refractivity contribution in [3.05, 3.63) is 53.6 Å². The third kappa shape index (κ3) is 4.25. The van der Waals surface area contributed by atoms with E-state index in [0.29, 0.717) is 29.4 Å². The fourth-order valence-corrected chi connectivity index (χ4v) is 2.06. The molecule has 0 atom stereocenters. The number of ether oxygens (including phenoxy) is 2. The molecule has 0 bridgehead atoms. The standard InChI is InChI=1S/C18H19NO5/c1-3-9-24-16-8-7-13(18(21)22)11-15(16)19-17(20)12-5-4-6-14(10-12)23-2/h4-8,10-11H,3,9H2,1-2H3,(H,19,20)(H,21,22). The second kappa shape index (κ2) is 8.01. The number of rotatable bonds is 7. The summed E-state index contributed by atoms with van der Waals surface area (Å²) in [6.07, 6.45) is 0.796. The molecule has 0 heterocycles. The summed E-state index contributed by atoms with van der Waals surface area (Å²) in [6, 6.07) is 11.0. The van der Waals surface area contributed by atoms with Crippen molar-refractivity contribution in [1.29, 1.82) is 0 Å². The molecule has 6 nitrogen and oxygen atoms in total. The molecule has 0 aliphatic rings. The SMILES string of the molecule is CCCOc1ccc(C(=O)O)cc1NC(=O)c1cccc(OC)c1. The lowest BCUT2D eigenvalue weighted by molar-refractivity contribution is 0.0696. The number of carbonyl (C=O) groups is 2. The molecular weight excluding hydrogens is 310 g/mol. The summed E-state index contributed by atoms with van der Waals surface area (Å²) in [7, 11) is 1.52. The molecule has 1 amide bonds. The Morgan fingerprint density at radius 2 is 1.92 bits per heavy atom. The van der Waals surface area contributed by atoms with Crippen LogP contribution in [0, 0.1) is 0 Å². The molecule has 0 aliphatic heterocycles. The van der Waals surface area contributed by atoms with Gasteiger partial charge in [0, 0.05) is 5.56 Å². The van der Waals surface area contributed by atoms with E-state index >= 15 is 0 Å². The van der Waals surface area contributed by atoms with Crippen LogP contribution < -0.4 is 14.8 Å². The maximum Gasteiger partial charge on any atom is 0.335 e. The van der Waals surface area contributed by atoms with E-state index in [0.717, 1.165) is 6.42 Å². The van der Waals surface area contributed by atoms with Crippen molar-refractivity contribution < 1.29 is 24.2 Å². The van der Waals surface area contributed by atoms with Gasteiger partial charge < -0.3 is 19.9 Å². The smallest absolute Gasteiger partial charge is 0.335 e. The van der Waals surface area contributed by atoms with E-state index in [2.05, 4.69) is 5.32 Å². The average Bonchev–Trinajstić information content (AvgIpc) is 2.60. The molecule has 24 heavy (non-hydrogen) atoms. The molecule has 0 radical (unpaired) electrons. The third-order valence-corrected chi connectivity index (χ3v) is 3.27. The molecule has 0 saturated heterocycles. The molecule has 0 aromatic heterocycles. The number of hydrogen-bond acceptors (Lipinski definition) is 4. The molecule has 0 unspecified atom stereocenters. The van der Waals surface area contributed by atoms with Crippen LogP contribution in [0.15, 0.2) is 42.5 Å². The highest BCUT2D eigenvalue weighted by atomic mass is 16.5. The normalized spacial score (nSPS) is 10.1. The Morgan fingerprint density at radius 1 is 1.12 bits per heavy atom. The maximum absolute atomic E-state index is 12.4. The highest BCUT2D eigenvalue weighted by Gasteiger charge is 2.14. The highest BCUT2D eigenvalue weighted by molar-refractivity contribution is 6.05. The molecule has 0 fully saturated rings. The lowest BCUT2D eigenvalue weighted by atomic mass is 10.1. The predicted octanol–water partition coefficient (Wildman–Crippen LogP) is 3.43. The highest BCUT2D eigenvalue weighted by Crippen LogP contribution is 2.27. The Hall–Kier alpha value is -3.02. The zero-order valence-corrected chi connectivity index (χ0v) is 13.5. The first-order chi connectivity index (χ1) is 11.5. The number of benzene rings is 2. The van der Waals surface area contributed by atoms with Crippen LogP contribution in [0.4, 0.5) is 5.69 Å². The Kier molecular flexibility index (Phi) is 5.78. The Labute approximate surface area is 140 Å². The van der Waals surface area contributed by atoms with Gasteiger partial charge in [0.1, 0.15) is 11.5 Å². The quantitative estimate of drug-likeness (QED) is 0.813. The number of carbonyl (C=O) groups excluding carboxylic acids is 1. The van der Waals surface area contributed by atoms with Crippen LogP contribution in [-0.4, -0.2) is 30.7 Å². The number of aromatic carboxylic acids is 1. The van der Waals surface area contributed by atoms with Gasteiger partial charge in [-0.25, -0.2) is 4.79 Å². The van der Waals surface area contributed by atoms with Crippen molar-refractivity contribution in [2.24, 2.45) is 0 Å². The minimum Gasteiger partial charge on any atom is -0.497 e. The number of carboxylic acid groups (broad SMARTS) is 1.